The standard InChI is InChI=1S/C13H25NO/c1-4-13(5-2)11(14-3)8-12(13)15-9-10-6-7-10/h10-12,14H,4-9H2,1-3H3. The molecule has 2 saturated carbocycles. The minimum absolute atomic E-state index is 0.420. The molecule has 2 aliphatic rings. The molecule has 1 N–H and O–H groups in total. The molecule has 15 heavy (non-hydrogen) atoms. The van der Waals surface area contributed by atoms with Crippen LogP contribution < -0.4 is 5.32 Å². The molecule has 0 aromatic carbocycles. The molecule has 0 spiro atoms. The van der Waals surface area contributed by atoms with Crippen molar-refractivity contribution in [3.8, 4) is 0 Å². The second kappa shape index (κ2) is 4.42. The molecular formula is C13H25NO. The second-order valence-electron chi connectivity index (χ2n) is 5.28. The number of hydrogen-bond donors (Lipinski definition) is 1. The number of ether oxygens (including phenoxy) is 1. The van der Waals surface area contributed by atoms with E-state index in [4.69, 9.17) is 4.74 Å². The lowest BCUT2D eigenvalue weighted by atomic mass is 9.58. The van der Waals surface area contributed by atoms with Crippen molar-refractivity contribution in [2.24, 2.45) is 11.3 Å². The predicted molar refractivity (Wildman–Crippen MR) is 62.9 cm³/mol. The molecule has 0 aromatic heterocycles. The minimum atomic E-state index is 0.420. The molecule has 2 atom stereocenters. The molecule has 0 bridgehead atoms. The Bertz CT molecular complexity index is 209. The van der Waals surface area contributed by atoms with E-state index in [1.165, 1.54) is 32.1 Å². The van der Waals surface area contributed by atoms with Crippen LogP contribution in [0.15, 0.2) is 0 Å². The van der Waals surface area contributed by atoms with E-state index < -0.39 is 0 Å². The third kappa shape index (κ3) is 1.94. The third-order valence-corrected chi connectivity index (χ3v) is 4.68. The van der Waals surface area contributed by atoms with Crippen LogP contribution in [0.1, 0.15) is 46.0 Å². The van der Waals surface area contributed by atoms with E-state index in [1.54, 1.807) is 0 Å². The topological polar surface area (TPSA) is 21.3 Å². The summed E-state index contributed by atoms with van der Waals surface area (Å²) in [5, 5.41) is 3.45. The minimum Gasteiger partial charge on any atom is -0.377 e. The molecule has 0 aliphatic heterocycles. The molecule has 0 saturated heterocycles. The fraction of sp³-hybridized carbons (Fsp3) is 1.00. The van der Waals surface area contributed by atoms with E-state index in [0.717, 1.165) is 12.5 Å². The molecule has 88 valence electrons. The summed E-state index contributed by atoms with van der Waals surface area (Å²) in [5.74, 6) is 0.894. The fourth-order valence-electron chi connectivity index (χ4n) is 3.12. The maximum atomic E-state index is 6.09. The molecule has 0 heterocycles. The Morgan fingerprint density at radius 3 is 2.40 bits per heavy atom. The molecule has 0 amide bonds. The highest BCUT2D eigenvalue weighted by Gasteiger charge is 2.52. The molecule has 2 heteroatoms. The van der Waals surface area contributed by atoms with Crippen LogP contribution in [0, 0.1) is 11.3 Å². The third-order valence-electron chi connectivity index (χ3n) is 4.68. The molecule has 2 unspecified atom stereocenters. The van der Waals surface area contributed by atoms with Gasteiger partial charge in [-0.25, -0.2) is 0 Å². The Morgan fingerprint density at radius 2 is 1.93 bits per heavy atom. The average molecular weight is 211 g/mol. The van der Waals surface area contributed by atoms with Gasteiger partial charge in [-0.2, -0.15) is 0 Å². The zero-order chi connectivity index (χ0) is 10.9. The first-order valence-electron chi connectivity index (χ1n) is 6.55. The van der Waals surface area contributed by atoms with Gasteiger partial charge in [0.25, 0.3) is 0 Å². The number of rotatable bonds is 6. The highest BCUT2D eigenvalue weighted by Crippen LogP contribution is 2.49. The van der Waals surface area contributed by atoms with Gasteiger partial charge in [-0.1, -0.05) is 13.8 Å². The summed E-state index contributed by atoms with van der Waals surface area (Å²) in [6, 6.07) is 0.678. The smallest absolute Gasteiger partial charge is 0.0661 e. The lowest BCUT2D eigenvalue weighted by Crippen LogP contribution is -2.62. The first kappa shape index (κ1) is 11.4. The first-order valence-corrected chi connectivity index (χ1v) is 6.55. The van der Waals surface area contributed by atoms with Crippen LogP contribution in [-0.2, 0) is 4.74 Å². The fourth-order valence-corrected chi connectivity index (χ4v) is 3.12. The van der Waals surface area contributed by atoms with Gasteiger partial charge in [0.1, 0.15) is 0 Å². The molecule has 2 nitrogen and oxygen atoms in total. The summed E-state index contributed by atoms with van der Waals surface area (Å²) in [7, 11) is 2.09. The van der Waals surface area contributed by atoms with Crippen molar-refractivity contribution in [3.05, 3.63) is 0 Å². The molecule has 2 rings (SSSR count). The molecule has 2 fully saturated rings. The summed E-state index contributed by atoms with van der Waals surface area (Å²) in [5.41, 5.74) is 0.420. The van der Waals surface area contributed by atoms with Crippen LogP contribution in [0.4, 0.5) is 0 Å². The van der Waals surface area contributed by atoms with Gasteiger partial charge in [-0.15, -0.1) is 0 Å². The maximum absolute atomic E-state index is 6.09. The maximum Gasteiger partial charge on any atom is 0.0661 e. The second-order valence-corrected chi connectivity index (χ2v) is 5.28. The Labute approximate surface area is 93.8 Å². The van der Waals surface area contributed by atoms with Gasteiger partial charge >= 0.3 is 0 Å². The van der Waals surface area contributed by atoms with Gasteiger partial charge in [0.05, 0.1) is 6.10 Å². The van der Waals surface area contributed by atoms with E-state index in [9.17, 15) is 0 Å². The van der Waals surface area contributed by atoms with E-state index in [1.807, 2.05) is 0 Å². The zero-order valence-electron chi connectivity index (χ0n) is 10.4. The summed E-state index contributed by atoms with van der Waals surface area (Å²) >= 11 is 0. The summed E-state index contributed by atoms with van der Waals surface area (Å²) < 4.78 is 6.09. The lowest BCUT2D eigenvalue weighted by Gasteiger charge is -2.55. The van der Waals surface area contributed by atoms with Crippen molar-refractivity contribution in [1.29, 1.82) is 0 Å². The highest BCUT2D eigenvalue weighted by atomic mass is 16.5. The van der Waals surface area contributed by atoms with Crippen LogP contribution >= 0.6 is 0 Å². The van der Waals surface area contributed by atoms with E-state index >= 15 is 0 Å². The van der Waals surface area contributed by atoms with Crippen LogP contribution in [0.3, 0.4) is 0 Å². The van der Waals surface area contributed by atoms with Crippen LogP contribution in [0.2, 0.25) is 0 Å². The van der Waals surface area contributed by atoms with Gasteiger partial charge in [-0.05, 0) is 45.1 Å². The Kier molecular flexibility index (Phi) is 3.36. The lowest BCUT2D eigenvalue weighted by molar-refractivity contribution is -0.141. The van der Waals surface area contributed by atoms with Gasteiger partial charge in [0, 0.05) is 18.1 Å². The van der Waals surface area contributed by atoms with E-state index in [2.05, 4.69) is 26.2 Å². The van der Waals surface area contributed by atoms with Gasteiger partial charge in [0.2, 0.25) is 0 Å². The monoisotopic (exact) mass is 211 g/mol. The van der Waals surface area contributed by atoms with Crippen molar-refractivity contribution in [2.75, 3.05) is 13.7 Å². The van der Waals surface area contributed by atoms with Crippen molar-refractivity contribution in [2.45, 2.75) is 58.1 Å². The van der Waals surface area contributed by atoms with Crippen molar-refractivity contribution < 1.29 is 4.74 Å². The molecular weight excluding hydrogens is 186 g/mol. The summed E-state index contributed by atoms with van der Waals surface area (Å²) in [6.07, 6.45) is 7.01. The summed E-state index contributed by atoms with van der Waals surface area (Å²) in [4.78, 5) is 0. The normalized spacial score (nSPS) is 33.8. The largest absolute Gasteiger partial charge is 0.377 e. The van der Waals surface area contributed by atoms with Crippen LogP contribution in [0.25, 0.3) is 0 Å². The SMILES string of the molecule is CCC1(CC)C(NC)CC1OCC1CC1. The van der Waals surface area contributed by atoms with E-state index in [-0.39, 0.29) is 0 Å². The van der Waals surface area contributed by atoms with E-state index in [0.29, 0.717) is 17.6 Å². The predicted octanol–water partition coefficient (Wildman–Crippen LogP) is 2.58. The highest BCUT2D eigenvalue weighted by molar-refractivity contribution is 5.06. The van der Waals surface area contributed by atoms with Gasteiger partial charge in [0.15, 0.2) is 0 Å². The van der Waals surface area contributed by atoms with Crippen molar-refractivity contribution >= 4 is 0 Å². The van der Waals surface area contributed by atoms with Crippen molar-refractivity contribution in [3.63, 3.8) is 0 Å². The van der Waals surface area contributed by atoms with Crippen LogP contribution in [0.5, 0.6) is 0 Å². The summed E-state index contributed by atoms with van der Waals surface area (Å²) in [6.45, 7) is 5.63. The van der Waals surface area contributed by atoms with Crippen molar-refractivity contribution in [1.82, 2.24) is 5.32 Å². The quantitative estimate of drug-likeness (QED) is 0.729. The molecule has 0 aromatic rings. The first-order chi connectivity index (χ1) is 7.26. The molecule has 2 aliphatic carbocycles. The zero-order valence-corrected chi connectivity index (χ0v) is 10.4. The number of hydrogen-bond acceptors (Lipinski definition) is 2. The van der Waals surface area contributed by atoms with Gasteiger partial charge < -0.3 is 10.1 Å². The molecule has 0 radical (unpaired) electrons. The average Bonchev–Trinajstić information content (AvgIpc) is 3.03. The Hall–Kier alpha value is -0.0800. The number of nitrogens with one attached hydrogen (secondary N) is 1. The Morgan fingerprint density at radius 1 is 1.27 bits per heavy atom. The van der Waals surface area contributed by atoms with Crippen LogP contribution in [-0.4, -0.2) is 25.8 Å². The van der Waals surface area contributed by atoms with Gasteiger partial charge in [-0.3, -0.25) is 0 Å². The Balaban J connectivity index is 1.87.